The summed E-state index contributed by atoms with van der Waals surface area (Å²) in [5.74, 6) is 0.00549. The fourth-order valence-electron chi connectivity index (χ4n) is 2.70. The molecule has 8 nitrogen and oxygen atoms in total. The van der Waals surface area contributed by atoms with Gasteiger partial charge in [-0.15, -0.1) is 0 Å². The number of nitrogens with one attached hydrogen (secondary N) is 1. The lowest BCUT2D eigenvalue weighted by Gasteiger charge is -2.19. The molecule has 0 saturated heterocycles. The highest BCUT2D eigenvalue weighted by molar-refractivity contribution is 7.89. The highest BCUT2D eigenvalue weighted by atomic mass is 32.2. The van der Waals surface area contributed by atoms with Gasteiger partial charge in [-0.1, -0.05) is 36.4 Å². The molecule has 0 aliphatic rings. The van der Waals surface area contributed by atoms with Gasteiger partial charge in [0.2, 0.25) is 10.0 Å². The van der Waals surface area contributed by atoms with Crippen LogP contribution in [0.25, 0.3) is 0 Å². The van der Waals surface area contributed by atoms with Crippen LogP contribution in [-0.2, 0) is 10.0 Å². The second kappa shape index (κ2) is 8.15. The zero-order valence-electron chi connectivity index (χ0n) is 14.8. The first-order chi connectivity index (χ1) is 13.4. The zero-order valence-corrected chi connectivity index (χ0v) is 15.7. The van der Waals surface area contributed by atoms with E-state index >= 15 is 0 Å². The van der Waals surface area contributed by atoms with Gasteiger partial charge in [0.05, 0.1) is 23.8 Å². The first kappa shape index (κ1) is 19.5. The molecule has 0 amide bonds. The van der Waals surface area contributed by atoms with Gasteiger partial charge in [-0.3, -0.25) is 15.1 Å². The van der Waals surface area contributed by atoms with Crippen molar-refractivity contribution in [2.45, 2.75) is 10.9 Å². The molecule has 28 heavy (non-hydrogen) atoms. The number of nitrogens with zero attached hydrogens (tertiary/aromatic N) is 2. The van der Waals surface area contributed by atoms with Gasteiger partial charge in [0.25, 0.3) is 5.69 Å². The van der Waals surface area contributed by atoms with Crippen LogP contribution in [0.2, 0.25) is 0 Å². The summed E-state index contributed by atoms with van der Waals surface area (Å²) in [5.41, 5.74) is 0.811. The van der Waals surface area contributed by atoms with Crippen LogP contribution >= 0.6 is 0 Å². The van der Waals surface area contributed by atoms with Crippen molar-refractivity contribution in [2.24, 2.45) is 0 Å². The fraction of sp³-hybridized carbons (Fsp3) is 0.105. The summed E-state index contributed by atoms with van der Waals surface area (Å²) in [6.45, 7) is 0. The number of rotatable bonds is 7. The number of sulfonamides is 1. The van der Waals surface area contributed by atoms with E-state index in [0.717, 1.165) is 6.07 Å². The minimum absolute atomic E-state index is 0.00549. The minimum Gasteiger partial charge on any atom is -0.495 e. The number of benzene rings is 2. The Bertz CT molecular complexity index is 1030. The summed E-state index contributed by atoms with van der Waals surface area (Å²) in [5, 5.41) is 11.1. The van der Waals surface area contributed by atoms with E-state index in [4.69, 9.17) is 4.74 Å². The standard InChI is InChI=1S/C19H17N3O5S/c1-27-17-11-10-15(22(23)24)13-18(17)28(25,26)21-19(14-7-3-2-4-8-14)16-9-5-6-12-20-16/h2-13,19,21H,1H3. The molecule has 0 bridgehead atoms. The Morgan fingerprint density at radius 1 is 1.07 bits per heavy atom. The van der Waals surface area contributed by atoms with Gasteiger partial charge in [0, 0.05) is 18.3 Å². The third kappa shape index (κ3) is 4.16. The second-order valence-corrected chi connectivity index (χ2v) is 7.49. The van der Waals surface area contributed by atoms with E-state index in [0.29, 0.717) is 11.3 Å². The Hall–Kier alpha value is -3.30. The number of nitro groups is 1. The lowest BCUT2D eigenvalue weighted by atomic mass is 10.0. The Morgan fingerprint density at radius 2 is 1.79 bits per heavy atom. The zero-order chi connectivity index (χ0) is 20.1. The molecule has 0 spiro atoms. The molecule has 0 fully saturated rings. The Labute approximate surface area is 162 Å². The maximum absolute atomic E-state index is 13.1. The van der Waals surface area contributed by atoms with Crippen LogP contribution in [-0.4, -0.2) is 25.4 Å². The Morgan fingerprint density at radius 3 is 2.39 bits per heavy atom. The minimum atomic E-state index is -4.17. The van der Waals surface area contributed by atoms with Crippen LogP contribution in [0.15, 0.2) is 77.8 Å². The molecule has 144 valence electrons. The SMILES string of the molecule is COc1ccc([N+](=O)[O-])cc1S(=O)(=O)NC(c1ccccc1)c1ccccn1. The van der Waals surface area contributed by atoms with Crippen molar-refractivity contribution < 1.29 is 18.1 Å². The molecule has 0 saturated carbocycles. The predicted molar refractivity (Wildman–Crippen MR) is 102 cm³/mol. The first-order valence-electron chi connectivity index (χ1n) is 8.23. The molecule has 3 rings (SSSR count). The fourth-order valence-corrected chi connectivity index (χ4v) is 4.09. The normalized spacial score (nSPS) is 12.3. The Balaban J connectivity index is 2.08. The maximum Gasteiger partial charge on any atom is 0.271 e. The molecule has 3 aromatic rings. The van der Waals surface area contributed by atoms with E-state index in [2.05, 4.69) is 9.71 Å². The molecule has 1 unspecified atom stereocenters. The second-order valence-electron chi connectivity index (χ2n) is 5.81. The molecule has 1 N–H and O–H groups in total. The maximum atomic E-state index is 13.1. The number of methoxy groups -OCH3 is 1. The summed E-state index contributed by atoms with van der Waals surface area (Å²) >= 11 is 0. The number of hydrogen-bond donors (Lipinski definition) is 1. The van der Waals surface area contributed by atoms with Crippen LogP contribution in [0.1, 0.15) is 17.3 Å². The highest BCUT2D eigenvalue weighted by Crippen LogP contribution is 2.30. The van der Waals surface area contributed by atoms with Crippen molar-refractivity contribution in [3.63, 3.8) is 0 Å². The van der Waals surface area contributed by atoms with Crippen LogP contribution in [0.5, 0.6) is 5.75 Å². The molecule has 1 atom stereocenters. The van der Waals surface area contributed by atoms with Gasteiger partial charge in [0.1, 0.15) is 10.6 Å². The number of nitro benzene ring substituents is 1. The average Bonchev–Trinajstić information content (AvgIpc) is 2.72. The molecular formula is C19H17N3O5S. The quantitative estimate of drug-likeness (QED) is 0.483. The van der Waals surface area contributed by atoms with E-state index in [9.17, 15) is 18.5 Å². The van der Waals surface area contributed by atoms with Gasteiger partial charge < -0.3 is 4.74 Å². The number of aromatic nitrogens is 1. The van der Waals surface area contributed by atoms with E-state index < -0.39 is 21.0 Å². The summed E-state index contributed by atoms with van der Waals surface area (Å²) in [6, 6.07) is 16.7. The lowest BCUT2D eigenvalue weighted by molar-refractivity contribution is -0.385. The monoisotopic (exact) mass is 399 g/mol. The molecule has 0 aliphatic carbocycles. The van der Waals surface area contributed by atoms with Crippen molar-refractivity contribution in [1.29, 1.82) is 0 Å². The van der Waals surface area contributed by atoms with Gasteiger partial charge in [-0.05, 0) is 23.8 Å². The predicted octanol–water partition coefficient (Wildman–Crippen LogP) is 3.07. The number of non-ortho nitro benzene ring substituents is 1. The molecule has 1 heterocycles. The summed E-state index contributed by atoms with van der Waals surface area (Å²) in [6.07, 6.45) is 1.56. The smallest absolute Gasteiger partial charge is 0.271 e. The van der Waals surface area contributed by atoms with Crippen molar-refractivity contribution in [2.75, 3.05) is 7.11 Å². The van der Waals surface area contributed by atoms with Crippen LogP contribution in [0.3, 0.4) is 0 Å². The summed E-state index contributed by atoms with van der Waals surface area (Å²) in [7, 11) is -2.87. The first-order valence-corrected chi connectivity index (χ1v) is 9.71. The van der Waals surface area contributed by atoms with Crippen molar-refractivity contribution >= 4 is 15.7 Å². The van der Waals surface area contributed by atoms with E-state index in [-0.39, 0.29) is 16.3 Å². The summed E-state index contributed by atoms with van der Waals surface area (Å²) < 4.78 is 33.9. The largest absolute Gasteiger partial charge is 0.495 e. The van der Waals surface area contributed by atoms with Crippen LogP contribution in [0.4, 0.5) is 5.69 Å². The van der Waals surface area contributed by atoms with Crippen molar-refractivity contribution in [3.05, 3.63) is 94.3 Å². The van der Waals surface area contributed by atoms with Crippen LogP contribution < -0.4 is 9.46 Å². The third-order valence-corrected chi connectivity index (χ3v) is 5.48. The van der Waals surface area contributed by atoms with E-state index in [1.165, 1.54) is 19.2 Å². The van der Waals surface area contributed by atoms with E-state index in [1.54, 1.807) is 48.7 Å². The van der Waals surface area contributed by atoms with E-state index in [1.807, 2.05) is 6.07 Å². The average molecular weight is 399 g/mol. The molecule has 9 heteroatoms. The number of ether oxygens (including phenoxy) is 1. The van der Waals surface area contributed by atoms with Crippen molar-refractivity contribution in [3.8, 4) is 5.75 Å². The number of pyridine rings is 1. The highest BCUT2D eigenvalue weighted by Gasteiger charge is 2.28. The Kier molecular flexibility index (Phi) is 5.67. The third-order valence-electron chi connectivity index (χ3n) is 4.04. The molecule has 2 aromatic carbocycles. The van der Waals surface area contributed by atoms with Gasteiger partial charge >= 0.3 is 0 Å². The molecular weight excluding hydrogens is 382 g/mol. The van der Waals surface area contributed by atoms with Crippen molar-refractivity contribution in [1.82, 2.24) is 9.71 Å². The lowest BCUT2D eigenvalue weighted by Crippen LogP contribution is -2.30. The van der Waals surface area contributed by atoms with Gasteiger partial charge in [-0.2, -0.15) is 4.72 Å². The molecule has 0 radical (unpaired) electrons. The van der Waals surface area contributed by atoms with Gasteiger partial charge in [0.15, 0.2) is 0 Å². The summed E-state index contributed by atoms with van der Waals surface area (Å²) in [4.78, 5) is 14.4. The number of hydrogen-bond acceptors (Lipinski definition) is 6. The molecule has 0 aliphatic heterocycles. The topological polar surface area (TPSA) is 111 Å². The van der Waals surface area contributed by atoms with Crippen LogP contribution in [0, 0.1) is 10.1 Å². The van der Waals surface area contributed by atoms with Gasteiger partial charge in [-0.25, -0.2) is 8.42 Å². The molecule has 1 aromatic heterocycles.